The molecule has 0 aromatic heterocycles. The summed E-state index contributed by atoms with van der Waals surface area (Å²) < 4.78 is 0. The van der Waals surface area contributed by atoms with Crippen LogP contribution >= 0.6 is 11.6 Å². The van der Waals surface area contributed by atoms with Gasteiger partial charge in [0, 0.05) is 23.8 Å². The Hall–Kier alpha value is -1.75. The van der Waals surface area contributed by atoms with Crippen LogP contribution in [0.3, 0.4) is 0 Å². The number of hydrogen-bond acceptors (Lipinski definition) is 2. The number of carboxylic acids is 1. The zero-order chi connectivity index (χ0) is 14.7. The van der Waals surface area contributed by atoms with Gasteiger partial charge in [0.2, 0.25) is 0 Å². The first kappa shape index (κ1) is 14.7. The number of amides is 2. The van der Waals surface area contributed by atoms with Crippen molar-refractivity contribution in [1.82, 2.24) is 4.90 Å². The number of likely N-dealkylation sites (tertiary alicyclic amines) is 1. The Morgan fingerprint density at radius 3 is 2.90 bits per heavy atom. The molecule has 1 atom stereocenters. The lowest BCUT2D eigenvalue weighted by molar-refractivity contribution is -0.143. The number of anilines is 1. The molecule has 1 fully saturated rings. The Bertz CT molecular complexity index is 533. The Balaban J connectivity index is 2.04. The van der Waals surface area contributed by atoms with Crippen molar-refractivity contribution in [3.63, 3.8) is 0 Å². The molecule has 1 heterocycles. The molecule has 0 aliphatic carbocycles. The molecule has 1 aromatic rings. The predicted molar refractivity (Wildman–Crippen MR) is 77.1 cm³/mol. The minimum atomic E-state index is -0.846. The van der Waals surface area contributed by atoms with Crippen LogP contribution in [-0.2, 0) is 4.79 Å². The third-order valence-electron chi connectivity index (χ3n) is 3.50. The number of hydrogen-bond donors (Lipinski definition) is 2. The number of aliphatic carboxylic acids is 1. The summed E-state index contributed by atoms with van der Waals surface area (Å²) in [6, 6.07) is 5.00. The van der Waals surface area contributed by atoms with Crippen LogP contribution in [0, 0.1) is 12.8 Å². The fraction of sp³-hybridized carbons (Fsp3) is 0.429. The van der Waals surface area contributed by atoms with Gasteiger partial charge in [0.1, 0.15) is 0 Å². The van der Waals surface area contributed by atoms with Crippen molar-refractivity contribution in [2.75, 3.05) is 18.4 Å². The second-order valence-corrected chi connectivity index (χ2v) is 5.45. The van der Waals surface area contributed by atoms with Crippen molar-refractivity contribution >= 4 is 29.3 Å². The number of carboxylic acid groups (broad SMARTS) is 1. The molecule has 108 valence electrons. The van der Waals surface area contributed by atoms with Gasteiger partial charge in [0.25, 0.3) is 0 Å². The van der Waals surface area contributed by atoms with E-state index in [-0.39, 0.29) is 12.6 Å². The van der Waals surface area contributed by atoms with Crippen molar-refractivity contribution in [3.8, 4) is 0 Å². The van der Waals surface area contributed by atoms with Gasteiger partial charge < -0.3 is 15.3 Å². The standard InChI is InChI=1S/C14H17ClN2O3/c1-9-4-5-11(15)7-12(9)16-14(20)17-6-2-3-10(8-17)13(18)19/h4-5,7,10H,2-3,6,8H2,1H3,(H,16,20)(H,18,19). The molecule has 0 spiro atoms. The summed E-state index contributed by atoms with van der Waals surface area (Å²) in [5.74, 6) is -1.32. The van der Waals surface area contributed by atoms with Gasteiger partial charge in [-0.2, -0.15) is 0 Å². The van der Waals surface area contributed by atoms with Gasteiger partial charge in [0.15, 0.2) is 0 Å². The smallest absolute Gasteiger partial charge is 0.321 e. The van der Waals surface area contributed by atoms with Crippen molar-refractivity contribution < 1.29 is 14.7 Å². The average Bonchev–Trinajstić information content (AvgIpc) is 2.43. The molecule has 0 radical (unpaired) electrons. The molecule has 0 saturated carbocycles. The Kier molecular flexibility index (Phi) is 4.49. The molecule has 1 unspecified atom stereocenters. The van der Waals surface area contributed by atoms with Crippen molar-refractivity contribution in [2.45, 2.75) is 19.8 Å². The van der Waals surface area contributed by atoms with Gasteiger partial charge in [-0.3, -0.25) is 4.79 Å². The molecule has 2 amide bonds. The van der Waals surface area contributed by atoms with Crippen LogP contribution < -0.4 is 5.32 Å². The molecule has 2 rings (SSSR count). The fourth-order valence-electron chi connectivity index (χ4n) is 2.29. The first-order chi connectivity index (χ1) is 9.47. The average molecular weight is 297 g/mol. The van der Waals surface area contributed by atoms with E-state index in [4.69, 9.17) is 16.7 Å². The highest BCUT2D eigenvalue weighted by molar-refractivity contribution is 6.31. The molecule has 1 aliphatic heterocycles. The van der Waals surface area contributed by atoms with Gasteiger partial charge in [-0.05, 0) is 37.5 Å². The molecule has 5 nitrogen and oxygen atoms in total. The number of halogens is 1. The fourth-order valence-corrected chi connectivity index (χ4v) is 2.46. The molecule has 1 saturated heterocycles. The summed E-state index contributed by atoms with van der Waals surface area (Å²) in [6.07, 6.45) is 1.33. The number of nitrogens with zero attached hydrogens (tertiary/aromatic N) is 1. The minimum Gasteiger partial charge on any atom is -0.481 e. The van der Waals surface area contributed by atoms with E-state index in [0.29, 0.717) is 30.1 Å². The van der Waals surface area contributed by atoms with Crippen LogP contribution in [-0.4, -0.2) is 35.1 Å². The quantitative estimate of drug-likeness (QED) is 0.881. The SMILES string of the molecule is Cc1ccc(Cl)cc1NC(=O)N1CCCC(C(=O)O)C1. The summed E-state index contributed by atoms with van der Waals surface area (Å²) in [5, 5.41) is 12.4. The molecular formula is C14H17ClN2O3. The van der Waals surface area contributed by atoms with Crippen molar-refractivity contribution in [2.24, 2.45) is 5.92 Å². The lowest BCUT2D eigenvalue weighted by Gasteiger charge is -2.30. The number of carbonyl (C=O) groups excluding carboxylic acids is 1. The van der Waals surface area contributed by atoms with E-state index in [1.807, 2.05) is 13.0 Å². The largest absolute Gasteiger partial charge is 0.481 e. The highest BCUT2D eigenvalue weighted by atomic mass is 35.5. The van der Waals surface area contributed by atoms with E-state index < -0.39 is 11.9 Å². The first-order valence-electron chi connectivity index (χ1n) is 6.52. The molecule has 0 bridgehead atoms. The van der Waals surface area contributed by atoms with Crippen LogP contribution in [0.1, 0.15) is 18.4 Å². The number of piperidine rings is 1. The Morgan fingerprint density at radius 2 is 2.20 bits per heavy atom. The van der Waals surface area contributed by atoms with E-state index in [1.54, 1.807) is 17.0 Å². The highest BCUT2D eigenvalue weighted by Crippen LogP contribution is 2.22. The minimum absolute atomic E-state index is 0.251. The van der Waals surface area contributed by atoms with E-state index in [1.165, 1.54) is 0 Å². The molecule has 6 heteroatoms. The highest BCUT2D eigenvalue weighted by Gasteiger charge is 2.28. The van der Waals surface area contributed by atoms with Gasteiger partial charge in [-0.25, -0.2) is 4.79 Å². The lowest BCUT2D eigenvalue weighted by Crippen LogP contribution is -2.44. The molecule has 1 aromatic carbocycles. The summed E-state index contributed by atoms with van der Waals surface area (Å²) in [4.78, 5) is 24.7. The monoisotopic (exact) mass is 296 g/mol. The number of nitrogens with one attached hydrogen (secondary N) is 1. The number of urea groups is 1. The van der Waals surface area contributed by atoms with Gasteiger partial charge in [0.05, 0.1) is 5.92 Å². The number of benzene rings is 1. The summed E-state index contributed by atoms with van der Waals surface area (Å²) in [6.45, 7) is 2.71. The van der Waals surface area contributed by atoms with Crippen LogP contribution in [0.25, 0.3) is 0 Å². The first-order valence-corrected chi connectivity index (χ1v) is 6.90. The maximum Gasteiger partial charge on any atom is 0.321 e. The topological polar surface area (TPSA) is 69.6 Å². The van der Waals surface area contributed by atoms with Crippen LogP contribution in [0.5, 0.6) is 0 Å². The zero-order valence-electron chi connectivity index (χ0n) is 11.2. The third-order valence-corrected chi connectivity index (χ3v) is 3.73. The maximum atomic E-state index is 12.2. The molecule has 1 aliphatic rings. The van der Waals surface area contributed by atoms with Crippen molar-refractivity contribution in [3.05, 3.63) is 28.8 Å². The van der Waals surface area contributed by atoms with E-state index in [9.17, 15) is 9.59 Å². The summed E-state index contributed by atoms with van der Waals surface area (Å²) >= 11 is 5.91. The van der Waals surface area contributed by atoms with E-state index in [2.05, 4.69) is 5.32 Å². The third kappa shape index (κ3) is 3.42. The molecule has 2 N–H and O–H groups in total. The van der Waals surface area contributed by atoms with E-state index in [0.717, 1.165) is 5.56 Å². The van der Waals surface area contributed by atoms with E-state index >= 15 is 0 Å². The number of rotatable bonds is 2. The Labute approximate surface area is 122 Å². The van der Waals surface area contributed by atoms with Gasteiger partial charge >= 0.3 is 12.0 Å². The van der Waals surface area contributed by atoms with Gasteiger partial charge in [-0.15, -0.1) is 0 Å². The predicted octanol–water partition coefficient (Wildman–Crippen LogP) is 2.98. The maximum absolute atomic E-state index is 12.2. The van der Waals surface area contributed by atoms with Crippen molar-refractivity contribution in [1.29, 1.82) is 0 Å². The van der Waals surface area contributed by atoms with Crippen LogP contribution in [0.2, 0.25) is 5.02 Å². The second kappa shape index (κ2) is 6.13. The number of carbonyl (C=O) groups is 2. The van der Waals surface area contributed by atoms with Crippen LogP contribution in [0.4, 0.5) is 10.5 Å². The van der Waals surface area contributed by atoms with Crippen LogP contribution in [0.15, 0.2) is 18.2 Å². The molecular weight excluding hydrogens is 280 g/mol. The Morgan fingerprint density at radius 1 is 1.45 bits per heavy atom. The summed E-state index contributed by atoms with van der Waals surface area (Å²) in [7, 11) is 0. The number of aryl methyl sites for hydroxylation is 1. The summed E-state index contributed by atoms with van der Waals surface area (Å²) in [5.41, 5.74) is 1.56. The normalized spacial score (nSPS) is 18.7. The zero-order valence-corrected chi connectivity index (χ0v) is 12.0. The van der Waals surface area contributed by atoms with Gasteiger partial charge in [-0.1, -0.05) is 17.7 Å². The molecule has 20 heavy (non-hydrogen) atoms. The second-order valence-electron chi connectivity index (χ2n) is 5.01. The lowest BCUT2D eigenvalue weighted by atomic mass is 9.99.